The Bertz CT molecular complexity index is 962. The highest BCUT2D eigenvalue weighted by atomic mass is 16.5. The van der Waals surface area contributed by atoms with Crippen molar-refractivity contribution in [2.24, 2.45) is 5.73 Å². The molecule has 0 spiro atoms. The van der Waals surface area contributed by atoms with Crippen LogP contribution < -0.4 is 11.5 Å². The van der Waals surface area contributed by atoms with E-state index in [1.165, 1.54) is 6.33 Å². The molecule has 142 valence electrons. The lowest BCUT2D eigenvalue weighted by atomic mass is 10.2. The topological polar surface area (TPSA) is 131 Å². The Morgan fingerprint density at radius 1 is 1.22 bits per heavy atom. The molecule has 2 aliphatic rings. The third-order valence-electron chi connectivity index (χ3n) is 5.44. The molecule has 0 aliphatic heterocycles. The third kappa shape index (κ3) is 2.96. The molecular weight excluding hydrogens is 346 g/mol. The van der Waals surface area contributed by atoms with Gasteiger partial charge in [-0.3, -0.25) is 0 Å². The Balaban J connectivity index is 1.52. The molecule has 27 heavy (non-hydrogen) atoms. The summed E-state index contributed by atoms with van der Waals surface area (Å²) in [6.45, 7) is 1.12. The maximum Gasteiger partial charge on any atom is 0.164 e. The van der Waals surface area contributed by atoms with Crippen molar-refractivity contribution in [3.8, 4) is 11.4 Å². The van der Waals surface area contributed by atoms with E-state index in [1.807, 2.05) is 10.7 Å². The minimum absolute atomic E-state index is 0.202. The Hall–Kier alpha value is -2.52. The average Bonchev–Trinajstić information content (AvgIpc) is 3.10. The molecule has 0 radical (unpaired) electrons. The van der Waals surface area contributed by atoms with Crippen LogP contribution in [0.4, 0.5) is 5.82 Å². The van der Waals surface area contributed by atoms with Gasteiger partial charge in [0.15, 0.2) is 5.65 Å². The molecule has 0 aromatic carbocycles. The van der Waals surface area contributed by atoms with E-state index in [9.17, 15) is 0 Å². The lowest BCUT2D eigenvalue weighted by molar-refractivity contribution is 0.0613. The summed E-state index contributed by atoms with van der Waals surface area (Å²) in [6, 6.07) is 2.17. The second-order valence-corrected chi connectivity index (χ2v) is 7.39. The molecule has 2 atom stereocenters. The van der Waals surface area contributed by atoms with Gasteiger partial charge in [0.25, 0.3) is 0 Å². The fourth-order valence-corrected chi connectivity index (χ4v) is 3.92. The zero-order chi connectivity index (χ0) is 18.4. The van der Waals surface area contributed by atoms with Gasteiger partial charge in [-0.2, -0.15) is 5.10 Å². The van der Waals surface area contributed by atoms with Gasteiger partial charge in [0, 0.05) is 18.5 Å². The number of hydrogen-bond donors (Lipinski definition) is 2. The zero-order valence-electron chi connectivity index (χ0n) is 15.0. The van der Waals surface area contributed by atoms with Gasteiger partial charge in [-0.1, -0.05) is 5.16 Å². The first kappa shape index (κ1) is 16.6. The van der Waals surface area contributed by atoms with E-state index >= 15 is 0 Å². The summed E-state index contributed by atoms with van der Waals surface area (Å²) in [6.07, 6.45) is 6.83. The maximum absolute atomic E-state index is 6.18. The van der Waals surface area contributed by atoms with Crippen molar-refractivity contribution in [2.45, 2.75) is 50.2 Å². The summed E-state index contributed by atoms with van der Waals surface area (Å²) in [5, 5.41) is 9.81. The van der Waals surface area contributed by atoms with Crippen LogP contribution in [0.5, 0.6) is 0 Å². The van der Waals surface area contributed by atoms with Crippen LogP contribution in [-0.2, 0) is 4.74 Å². The molecule has 0 bridgehead atoms. The van der Waals surface area contributed by atoms with Crippen molar-refractivity contribution in [3.63, 3.8) is 0 Å². The van der Waals surface area contributed by atoms with E-state index in [2.05, 4.69) is 15.1 Å². The van der Waals surface area contributed by atoms with Crippen molar-refractivity contribution in [3.05, 3.63) is 18.2 Å². The highest BCUT2D eigenvalue weighted by Gasteiger charge is 2.32. The van der Waals surface area contributed by atoms with E-state index in [0.29, 0.717) is 36.3 Å². The molecule has 3 heterocycles. The number of nitrogen functional groups attached to an aromatic ring is 1. The predicted molar refractivity (Wildman–Crippen MR) is 98.9 cm³/mol. The largest absolute Gasteiger partial charge is 0.383 e. The highest BCUT2D eigenvalue weighted by molar-refractivity contribution is 5.97. The molecular formula is C18H23N7O2. The van der Waals surface area contributed by atoms with Crippen molar-refractivity contribution >= 4 is 16.9 Å². The van der Waals surface area contributed by atoms with Gasteiger partial charge >= 0.3 is 0 Å². The Morgan fingerprint density at radius 3 is 2.93 bits per heavy atom. The Morgan fingerprint density at radius 2 is 2.11 bits per heavy atom. The van der Waals surface area contributed by atoms with E-state index in [1.54, 1.807) is 0 Å². The molecule has 9 heteroatoms. The number of nitrogens with two attached hydrogens (primary N) is 2. The minimum atomic E-state index is 0.202. The molecule has 5 rings (SSSR count). The summed E-state index contributed by atoms with van der Waals surface area (Å²) in [7, 11) is 0. The normalized spacial score (nSPS) is 22.7. The maximum atomic E-state index is 6.18. The van der Waals surface area contributed by atoms with Crippen LogP contribution in [0, 0.1) is 0 Å². The lowest BCUT2D eigenvalue weighted by Crippen LogP contribution is -2.16. The highest BCUT2D eigenvalue weighted by Crippen LogP contribution is 2.42. The molecule has 4 N–H and O–H groups in total. The van der Waals surface area contributed by atoms with Gasteiger partial charge in [0.05, 0.1) is 24.1 Å². The molecule has 2 saturated carbocycles. The minimum Gasteiger partial charge on any atom is -0.383 e. The van der Waals surface area contributed by atoms with Gasteiger partial charge in [-0.15, -0.1) is 0 Å². The monoisotopic (exact) mass is 369 g/mol. The number of hydrogen-bond acceptors (Lipinski definition) is 8. The van der Waals surface area contributed by atoms with E-state index in [-0.39, 0.29) is 12.1 Å². The van der Waals surface area contributed by atoms with Crippen molar-refractivity contribution < 1.29 is 9.26 Å². The van der Waals surface area contributed by atoms with Crippen molar-refractivity contribution in [1.82, 2.24) is 24.9 Å². The van der Waals surface area contributed by atoms with E-state index < -0.39 is 0 Å². The second-order valence-electron chi connectivity index (χ2n) is 7.39. The molecule has 0 saturated heterocycles. The van der Waals surface area contributed by atoms with Gasteiger partial charge in [0.1, 0.15) is 29.3 Å². The van der Waals surface area contributed by atoms with E-state index in [4.69, 9.17) is 25.8 Å². The van der Waals surface area contributed by atoms with Crippen LogP contribution in [-0.4, -0.2) is 44.2 Å². The Labute approximate surface area is 156 Å². The van der Waals surface area contributed by atoms with Crippen molar-refractivity contribution in [1.29, 1.82) is 0 Å². The molecule has 0 amide bonds. The summed E-state index contributed by atoms with van der Waals surface area (Å²) in [4.78, 5) is 8.62. The third-order valence-corrected chi connectivity index (χ3v) is 5.44. The summed E-state index contributed by atoms with van der Waals surface area (Å²) in [5.41, 5.74) is 13.8. The first-order valence-corrected chi connectivity index (χ1v) is 9.52. The molecule has 0 unspecified atom stereocenters. The van der Waals surface area contributed by atoms with Crippen LogP contribution in [0.25, 0.3) is 22.4 Å². The molecule has 2 fully saturated rings. The van der Waals surface area contributed by atoms with Gasteiger partial charge in [-0.25, -0.2) is 14.6 Å². The number of aromatic nitrogens is 5. The molecule has 3 aromatic rings. The smallest absolute Gasteiger partial charge is 0.164 e. The van der Waals surface area contributed by atoms with Gasteiger partial charge < -0.3 is 20.7 Å². The fourth-order valence-electron chi connectivity index (χ4n) is 3.92. The number of nitrogens with zero attached hydrogens (tertiary/aromatic N) is 5. The first-order chi connectivity index (χ1) is 13.2. The molecule has 3 aromatic heterocycles. The average molecular weight is 369 g/mol. The fraction of sp³-hybridized carbons (Fsp3) is 0.556. The van der Waals surface area contributed by atoms with Gasteiger partial charge in [-0.05, 0) is 32.1 Å². The van der Waals surface area contributed by atoms with Crippen LogP contribution in [0.15, 0.2) is 16.9 Å². The summed E-state index contributed by atoms with van der Waals surface area (Å²) in [5.74, 6) is 1.81. The van der Waals surface area contributed by atoms with Crippen molar-refractivity contribution in [2.75, 3.05) is 18.9 Å². The van der Waals surface area contributed by atoms with Crippen LogP contribution in [0.1, 0.15) is 49.8 Å². The Kier molecular flexibility index (Phi) is 4.05. The van der Waals surface area contributed by atoms with E-state index in [0.717, 1.165) is 48.9 Å². The SMILES string of the molecule is NCCO[C@@H]1CC[C@H](n2nc(-c3cc(C4CC4)on3)c3c(N)ncnc32)C1. The number of rotatable bonds is 6. The van der Waals surface area contributed by atoms with Crippen LogP contribution in [0.2, 0.25) is 0 Å². The zero-order valence-corrected chi connectivity index (χ0v) is 15.0. The number of anilines is 1. The van der Waals surface area contributed by atoms with Gasteiger partial charge in [0.2, 0.25) is 0 Å². The van der Waals surface area contributed by atoms with Crippen LogP contribution in [0.3, 0.4) is 0 Å². The summed E-state index contributed by atoms with van der Waals surface area (Å²) < 4.78 is 13.3. The predicted octanol–water partition coefficient (Wildman–Crippen LogP) is 2.01. The summed E-state index contributed by atoms with van der Waals surface area (Å²) >= 11 is 0. The standard InChI is InChI=1S/C18H23N7O2/c19-5-6-26-12-4-3-11(7-12)25-18-15(17(20)21-9-22-18)16(23-25)13-8-14(27-24-13)10-1-2-10/h8-12H,1-7,19H2,(H2,20,21,22)/t11-,12+/m0/s1. The molecule has 9 nitrogen and oxygen atoms in total. The number of fused-ring (bicyclic) bond motifs is 1. The molecule has 2 aliphatic carbocycles. The second kappa shape index (κ2) is 6.58. The first-order valence-electron chi connectivity index (χ1n) is 9.52. The number of ether oxygens (including phenoxy) is 1. The quantitative estimate of drug-likeness (QED) is 0.674. The van der Waals surface area contributed by atoms with Crippen LogP contribution >= 0.6 is 0 Å². The lowest BCUT2D eigenvalue weighted by Gasteiger charge is -2.13.